The van der Waals surface area contributed by atoms with Crippen molar-refractivity contribution in [1.29, 1.82) is 5.41 Å². The number of nitrogens with two attached hydrogens (primary N) is 1. The zero-order chi connectivity index (χ0) is 33.4. The number of rotatable bonds is 10. The standard InChI is InChI=1S/C35H38N6O5S/c1-40-20-18-30(19-21-40)46-35(43)39-34(36)27-10-7-11-29(22-27)41(23-25-8-3-2-4-9-25)24-33(42)38-28-16-14-26(15-17-28)31-12-5-6-13-32(31)47(37,44)45/h2-17,22,30H,18-21,23-24H2,1H3,(H,38,42)(H2,36,39,43)(H2,37,44,45). The molecule has 1 saturated heterocycles. The van der Waals surface area contributed by atoms with Crippen LogP contribution in [0.15, 0.2) is 108 Å². The summed E-state index contributed by atoms with van der Waals surface area (Å²) in [6.45, 7) is 2.11. The summed E-state index contributed by atoms with van der Waals surface area (Å²) in [7, 11) is -1.89. The number of anilines is 2. The molecule has 0 unspecified atom stereocenters. The zero-order valence-electron chi connectivity index (χ0n) is 26.1. The average molecular weight is 655 g/mol. The van der Waals surface area contributed by atoms with Gasteiger partial charge in [0.15, 0.2) is 0 Å². The summed E-state index contributed by atoms with van der Waals surface area (Å²) < 4.78 is 29.7. The summed E-state index contributed by atoms with van der Waals surface area (Å²) in [5, 5.41) is 19.4. The second kappa shape index (κ2) is 15.0. The molecular formula is C35H38N6O5S. The van der Waals surface area contributed by atoms with Gasteiger partial charge in [0.25, 0.3) is 0 Å². The number of carbonyl (C=O) groups is 2. The quantitative estimate of drug-likeness (QED) is 0.141. The summed E-state index contributed by atoms with van der Waals surface area (Å²) >= 11 is 0. The molecule has 0 saturated carbocycles. The molecule has 11 nitrogen and oxygen atoms in total. The Morgan fingerprint density at radius 3 is 2.32 bits per heavy atom. The topological polar surface area (TPSA) is 158 Å². The molecule has 47 heavy (non-hydrogen) atoms. The maximum Gasteiger partial charge on any atom is 0.413 e. The Labute approximate surface area is 274 Å². The maximum absolute atomic E-state index is 13.3. The molecule has 1 aliphatic rings. The Morgan fingerprint density at radius 2 is 1.62 bits per heavy atom. The molecule has 0 atom stereocenters. The van der Waals surface area contributed by atoms with Crippen LogP contribution in [0.25, 0.3) is 11.1 Å². The first-order valence-electron chi connectivity index (χ1n) is 15.2. The van der Waals surface area contributed by atoms with Gasteiger partial charge in [-0.1, -0.05) is 72.8 Å². The molecule has 5 rings (SSSR count). The first-order valence-corrected chi connectivity index (χ1v) is 16.8. The van der Waals surface area contributed by atoms with E-state index in [1.165, 1.54) is 6.07 Å². The van der Waals surface area contributed by atoms with Gasteiger partial charge in [-0.15, -0.1) is 0 Å². The number of primary sulfonamides is 1. The van der Waals surface area contributed by atoms with E-state index in [1.54, 1.807) is 60.7 Å². The van der Waals surface area contributed by atoms with Crippen molar-refractivity contribution < 1.29 is 22.7 Å². The Hall–Kier alpha value is -5.04. The van der Waals surface area contributed by atoms with Gasteiger partial charge in [-0.2, -0.15) is 0 Å². The van der Waals surface area contributed by atoms with Crippen LogP contribution in [-0.4, -0.2) is 63.9 Å². The molecule has 5 N–H and O–H groups in total. The van der Waals surface area contributed by atoms with Crippen molar-refractivity contribution >= 4 is 39.2 Å². The summed E-state index contributed by atoms with van der Waals surface area (Å²) in [6, 6.07) is 30.1. The highest BCUT2D eigenvalue weighted by molar-refractivity contribution is 7.89. The van der Waals surface area contributed by atoms with E-state index in [-0.39, 0.29) is 29.3 Å². The number of nitrogens with zero attached hydrogens (tertiary/aromatic N) is 2. The van der Waals surface area contributed by atoms with E-state index in [1.807, 2.05) is 48.3 Å². The number of amides is 2. The van der Waals surface area contributed by atoms with Gasteiger partial charge >= 0.3 is 6.09 Å². The van der Waals surface area contributed by atoms with Crippen molar-refractivity contribution in [2.24, 2.45) is 5.14 Å². The molecule has 4 aromatic carbocycles. The molecule has 4 aromatic rings. The van der Waals surface area contributed by atoms with Gasteiger partial charge in [-0.3, -0.25) is 15.5 Å². The maximum atomic E-state index is 13.3. The number of hydrogen-bond donors (Lipinski definition) is 4. The Morgan fingerprint density at radius 1 is 0.936 bits per heavy atom. The molecule has 0 spiro atoms. The van der Waals surface area contributed by atoms with E-state index < -0.39 is 16.1 Å². The Balaban J connectivity index is 1.28. The van der Waals surface area contributed by atoms with Crippen LogP contribution in [0.1, 0.15) is 24.0 Å². The van der Waals surface area contributed by atoms with Crippen LogP contribution in [-0.2, 0) is 26.1 Å². The van der Waals surface area contributed by atoms with Crippen molar-refractivity contribution in [2.75, 3.05) is 36.9 Å². The third-order valence-corrected chi connectivity index (χ3v) is 8.86. The molecule has 1 fully saturated rings. The average Bonchev–Trinajstić information content (AvgIpc) is 3.06. The van der Waals surface area contributed by atoms with Crippen LogP contribution in [0.5, 0.6) is 0 Å². The molecule has 244 valence electrons. The van der Waals surface area contributed by atoms with E-state index in [0.29, 0.717) is 34.6 Å². The number of amidine groups is 1. The van der Waals surface area contributed by atoms with Crippen molar-refractivity contribution in [2.45, 2.75) is 30.4 Å². The SMILES string of the molecule is CN1CCC(OC(=O)NC(=N)c2cccc(N(CC(=O)Nc3ccc(-c4ccccc4S(N)(=O)=O)cc3)Cc3ccccc3)c2)CC1. The van der Waals surface area contributed by atoms with Crippen LogP contribution in [0, 0.1) is 5.41 Å². The van der Waals surface area contributed by atoms with Crippen molar-refractivity contribution in [3.8, 4) is 11.1 Å². The molecule has 0 aliphatic carbocycles. The van der Waals surface area contributed by atoms with Gasteiger partial charge in [0.05, 0.1) is 11.4 Å². The lowest BCUT2D eigenvalue weighted by Crippen LogP contribution is -2.39. The van der Waals surface area contributed by atoms with Gasteiger partial charge in [0.2, 0.25) is 15.9 Å². The fourth-order valence-corrected chi connectivity index (χ4v) is 6.18. The number of ether oxygens (including phenoxy) is 1. The highest BCUT2D eigenvalue weighted by Crippen LogP contribution is 2.28. The first kappa shape index (κ1) is 33.3. The van der Waals surface area contributed by atoms with Crippen LogP contribution in [0.3, 0.4) is 0 Å². The van der Waals surface area contributed by atoms with Gasteiger partial charge in [0, 0.05) is 42.1 Å². The van der Waals surface area contributed by atoms with Crippen LogP contribution < -0.4 is 20.7 Å². The summed E-state index contributed by atoms with van der Waals surface area (Å²) in [6.07, 6.45) is 0.661. The van der Waals surface area contributed by atoms with E-state index in [2.05, 4.69) is 15.5 Å². The molecule has 0 radical (unpaired) electrons. The Bertz CT molecular complexity index is 1820. The predicted octanol–water partition coefficient (Wildman–Crippen LogP) is 4.79. The molecule has 0 bridgehead atoms. The van der Waals surface area contributed by atoms with Crippen molar-refractivity contribution in [3.05, 3.63) is 114 Å². The number of piperidine rings is 1. The largest absolute Gasteiger partial charge is 0.446 e. The number of likely N-dealkylation sites (tertiary alicyclic amines) is 1. The number of benzene rings is 4. The molecular weight excluding hydrogens is 616 g/mol. The lowest BCUT2D eigenvalue weighted by molar-refractivity contribution is -0.115. The van der Waals surface area contributed by atoms with Crippen molar-refractivity contribution in [1.82, 2.24) is 10.2 Å². The normalized spacial score (nSPS) is 13.8. The monoisotopic (exact) mass is 654 g/mol. The summed E-state index contributed by atoms with van der Waals surface area (Å²) in [5.74, 6) is -0.378. The van der Waals surface area contributed by atoms with Crippen LogP contribution >= 0.6 is 0 Å². The Kier molecular flexibility index (Phi) is 10.7. The second-order valence-corrected chi connectivity index (χ2v) is 13.0. The van der Waals surface area contributed by atoms with Crippen molar-refractivity contribution in [3.63, 3.8) is 0 Å². The smallest absolute Gasteiger partial charge is 0.413 e. The van der Waals surface area contributed by atoms with Gasteiger partial charge in [-0.25, -0.2) is 18.4 Å². The molecule has 1 aliphatic heterocycles. The third kappa shape index (κ3) is 9.26. The van der Waals surface area contributed by atoms with E-state index in [0.717, 1.165) is 31.5 Å². The number of carbonyl (C=O) groups excluding carboxylic acids is 2. The predicted molar refractivity (Wildman–Crippen MR) is 183 cm³/mol. The lowest BCUT2D eigenvalue weighted by atomic mass is 10.1. The second-order valence-electron chi connectivity index (χ2n) is 11.5. The molecule has 12 heteroatoms. The van der Waals surface area contributed by atoms with E-state index in [9.17, 15) is 18.0 Å². The van der Waals surface area contributed by atoms with Crippen LogP contribution in [0.2, 0.25) is 0 Å². The fourth-order valence-electron chi connectivity index (χ4n) is 5.42. The number of alkyl carbamates (subject to hydrolysis) is 1. The molecule has 0 aromatic heterocycles. The van der Waals surface area contributed by atoms with Gasteiger partial charge in [0.1, 0.15) is 11.9 Å². The van der Waals surface area contributed by atoms with Gasteiger partial charge < -0.3 is 19.9 Å². The fraction of sp³-hybridized carbons (Fsp3) is 0.229. The molecule has 1 heterocycles. The van der Waals surface area contributed by atoms with Crippen LogP contribution in [0.4, 0.5) is 16.2 Å². The summed E-state index contributed by atoms with van der Waals surface area (Å²) in [5.41, 5.74) is 3.79. The summed E-state index contributed by atoms with van der Waals surface area (Å²) in [4.78, 5) is 30.0. The van der Waals surface area contributed by atoms with E-state index in [4.69, 9.17) is 15.3 Å². The van der Waals surface area contributed by atoms with Gasteiger partial charge in [-0.05, 0) is 61.3 Å². The van der Waals surface area contributed by atoms with E-state index >= 15 is 0 Å². The number of sulfonamides is 1. The highest BCUT2D eigenvalue weighted by Gasteiger charge is 2.22. The number of hydrogen-bond acceptors (Lipinski definition) is 8. The third-order valence-electron chi connectivity index (χ3n) is 7.89. The lowest BCUT2D eigenvalue weighted by Gasteiger charge is -2.28. The molecule has 2 amide bonds. The number of nitrogens with one attached hydrogen (secondary N) is 3. The minimum atomic E-state index is -3.92. The highest BCUT2D eigenvalue weighted by atomic mass is 32.2. The zero-order valence-corrected chi connectivity index (χ0v) is 26.9. The minimum absolute atomic E-state index is 0.00667. The first-order chi connectivity index (χ1) is 22.5. The minimum Gasteiger partial charge on any atom is -0.446 e.